The van der Waals surface area contributed by atoms with Crippen molar-refractivity contribution in [1.82, 2.24) is 0 Å². The van der Waals surface area contributed by atoms with Gasteiger partial charge >= 0.3 is 0 Å². The van der Waals surface area contributed by atoms with E-state index in [9.17, 15) is 5.11 Å². The minimum absolute atomic E-state index is 0.979. The van der Waals surface area contributed by atoms with E-state index in [4.69, 9.17) is 0 Å². The summed E-state index contributed by atoms with van der Waals surface area (Å²) >= 11 is 0. The molecule has 0 saturated heterocycles. The van der Waals surface area contributed by atoms with Crippen LogP contribution in [0.15, 0.2) is 18.2 Å². The Balaban J connectivity index is 3.09. The van der Waals surface area contributed by atoms with Crippen LogP contribution in [0.25, 0.3) is 0 Å². The molecule has 1 nitrogen and oxygen atoms in total. The zero-order valence-electron chi connectivity index (χ0n) is 12.4. The molecule has 1 radical (unpaired) electrons. The summed E-state index contributed by atoms with van der Waals surface area (Å²) in [6.07, 6.45) is 6.77. The van der Waals surface area contributed by atoms with Crippen LogP contribution in [-0.4, -0.2) is 0 Å². The Labute approximate surface area is 112 Å². The first kappa shape index (κ1) is 15.2. The first-order valence-electron chi connectivity index (χ1n) is 7.32. The smallest absolute Gasteiger partial charge is 0.123 e. The van der Waals surface area contributed by atoms with Gasteiger partial charge in [0, 0.05) is 0 Å². The van der Waals surface area contributed by atoms with Gasteiger partial charge in [-0.1, -0.05) is 44.9 Å². The van der Waals surface area contributed by atoms with Crippen molar-refractivity contribution in [1.29, 1.82) is 0 Å². The first-order chi connectivity index (χ1) is 8.50. The van der Waals surface area contributed by atoms with Gasteiger partial charge in [-0.2, -0.15) is 0 Å². The van der Waals surface area contributed by atoms with Crippen LogP contribution in [0.5, 0.6) is 0 Å². The highest BCUT2D eigenvalue weighted by molar-refractivity contribution is 5.39. The highest BCUT2D eigenvalue weighted by Gasteiger charge is 2.24. The standard InChI is InChI=1S/C17H27O/c1-5-7-10-14-12-9-13-15(11-8-6-2)16(14)17(3,4)18/h9,12-13H,5-8,10-11H2,1-4H3. The zero-order valence-corrected chi connectivity index (χ0v) is 12.4. The van der Waals surface area contributed by atoms with Crippen molar-refractivity contribution in [2.24, 2.45) is 0 Å². The predicted molar refractivity (Wildman–Crippen MR) is 77.4 cm³/mol. The molecule has 0 spiro atoms. The molecule has 0 heterocycles. The number of hydrogen-bond acceptors (Lipinski definition) is 0. The summed E-state index contributed by atoms with van der Waals surface area (Å²) in [5.74, 6) is 0. The second-order valence-electron chi connectivity index (χ2n) is 5.67. The molecule has 0 amide bonds. The third-order valence-corrected chi connectivity index (χ3v) is 3.44. The first-order valence-corrected chi connectivity index (χ1v) is 7.32. The third-order valence-electron chi connectivity index (χ3n) is 3.44. The summed E-state index contributed by atoms with van der Waals surface area (Å²) < 4.78 is 0. The minimum atomic E-state index is -0.979. The topological polar surface area (TPSA) is 19.9 Å². The van der Waals surface area contributed by atoms with E-state index in [1.54, 1.807) is 13.8 Å². The molecule has 0 aromatic heterocycles. The van der Waals surface area contributed by atoms with Gasteiger partial charge < -0.3 is 0 Å². The average Bonchev–Trinajstić information content (AvgIpc) is 2.32. The number of benzene rings is 1. The fourth-order valence-corrected chi connectivity index (χ4v) is 2.58. The fourth-order valence-electron chi connectivity index (χ4n) is 2.58. The summed E-state index contributed by atoms with van der Waals surface area (Å²) in [4.78, 5) is 0. The van der Waals surface area contributed by atoms with Crippen LogP contribution in [0.1, 0.15) is 70.1 Å². The van der Waals surface area contributed by atoms with E-state index in [0.717, 1.165) is 18.4 Å². The average molecular weight is 247 g/mol. The van der Waals surface area contributed by atoms with Crippen LogP contribution >= 0.6 is 0 Å². The van der Waals surface area contributed by atoms with Crippen molar-refractivity contribution in [3.8, 4) is 0 Å². The summed E-state index contributed by atoms with van der Waals surface area (Å²) in [5.41, 5.74) is 2.62. The Morgan fingerprint density at radius 1 is 0.944 bits per heavy atom. The van der Waals surface area contributed by atoms with Gasteiger partial charge in [-0.15, -0.1) is 0 Å². The molecule has 0 atom stereocenters. The number of hydrogen-bond donors (Lipinski definition) is 0. The molecule has 0 unspecified atom stereocenters. The largest absolute Gasteiger partial charge is 0.225 e. The monoisotopic (exact) mass is 247 g/mol. The van der Waals surface area contributed by atoms with Crippen LogP contribution in [0.3, 0.4) is 0 Å². The summed E-state index contributed by atoms with van der Waals surface area (Å²) in [7, 11) is 0. The van der Waals surface area contributed by atoms with Crippen molar-refractivity contribution in [2.75, 3.05) is 0 Å². The van der Waals surface area contributed by atoms with Crippen LogP contribution in [-0.2, 0) is 23.5 Å². The Bertz CT molecular complexity index is 334. The van der Waals surface area contributed by atoms with Gasteiger partial charge in [0.15, 0.2) is 0 Å². The van der Waals surface area contributed by atoms with E-state index >= 15 is 0 Å². The molecule has 0 fully saturated rings. The maximum Gasteiger partial charge on any atom is 0.123 e. The SMILES string of the molecule is CCCCc1cccc(CCCC)c1C(C)(C)[O]. The predicted octanol–water partition coefficient (Wildman–Crippen LogP) is 5.04. The lowest BCUT2D eigenvalue weighted by Gasteiger charge is -2.23. The number of unbranched alkanes of at least 4 members (excludes halogenated alkanes) is 2. The molecule has 18 heavy (non-hydrogen) atoms. The van der Waals surface area contributed by atoms with Gasteiger partial charge in [-0.3, -0.25) is 0 Å². The Morgan fingerprint density at radius 3 is 1.72 bits per heavy atom. The van der Waals surface area contributed by atoms with Gasteiger partial charge in [0.25, 0.3) is 0 Å². The molecule has 0 aliphatic carbocycles. The Hall–Kier alpha value is -0.820. The maximum atomic E-state index is 12.5. The summed E-state index contributed by atoms with van der Waals surface area (Å²) in [6, 6.07) is 6.39. The maximum absolute atomic E-state index is 12.5. The van der Waals surface area contributed by atoms with Gasteiger partial charge in [0.1, 0.15) is 5.60 Å². The molecule has 0 aliphatic rings. The highest BCUT2D eigenvalue weighted by Crippen LogP contribution is 2.30. The fraction of sp³-hybridized carbons (Fsp3) is 0.647. The van der Waals surface area contributed by atoms with E-state index < -0.39 is 5.60 Å². The second-order valence-corrected chi connectivity index (χ2v) is 5.67. The normalized spacial score (nSPS) is 11.8. The van der Waals surface area contributed by atoms with Crippen LogP contribution in [0.4, 0.5) is 0 Å². The zero-order chi connectivity index (χ0) is 13.6. The molecule has 0 N–H and O–H groups in total. The lowest BCUT2D eigenvalue weighted by molar-refractivity contribution is -0.00162. The highest BCUT2D eigenvalue weighted by atomic mass is 16.3. The van der Waals surface area contributed by atoms with Gasteiger partial charge in [0.2, 0.25) is 0 Å². The third kappa shape index (κ3) is 4.13. The number of aryl methyl sites for hydroxylation is 2. The van der Waals surface area contributed by atoms with Crippen LogP contribution < -0.4 is 0 Å². The lowest BCUT2D eigenvalue weighted by atomic mass is 9.85. The van der Waals surface area contributed by atoms with Crippen LogP contribution in [0, 0.1) is 0 Å². The van der Waals surface area contributed by atoms with Crippen LogP contribution in [0.2, 0.25) is 0 Å². The molecule has 101 valence electrons. The van der Waals surface area contributed by atoms with Gasteiger partial charge in [0.05, 0.1) is 0 Å². The molecular weight excluding hydrogens is 220 g/mol. The molecule has 1 aromatic carbocycles. The van der Waals surface area contributed by atoms with E-state index in [-0.39, 0.29) is 0 Å². The van der Waals surface area contributed by atoms with E-state index in [0.29, 0.717) is 0 Å². The molecule has 0 saturated carbocycles. The minimum Gasteiger partial charge on any atom is -0.225 e. The second kappa shape index (κ2) is 6.94. The summed E-state index contributed by atoms with van der Waals surface area (Å²) in [6.45, 7) is 7.99. The quantitative estimate of drug-likeness (QED) is 0.643. The van der Waals surface area contributed by atoms with Gasteiger partial charge in [-0.25, -0.2) is 5.11 Å². The Kier molecular flexibility index (Phi) is 5.87. The van der Waals surface area contributed by atoms with Crippen molar-refractivity contribution < 1.29 is 5.11 Å². The van der Waals surface area contributed by atoms with Crippen molar-refractivity contribution in [3.05, 3.63) is 34.9 Å². The van der Waals surface area contributed by atoms with E-state index in [1.807, 2.05) is 0 Å². The number of rotatable bonds is 7. The van der Waals surface area contributed by atoms with Crippen molar-refractivity contribution >= 4 is 0 Å². The molecule has 1 heteroatoms. The molecule has 0 aliphatic heterocycles. The Morgan fingerprint density at radius 2 is 1.39 bits per heavy atom. The molecule has 1 aromatic rings. The molecule has 0 bridgehead atoms. The van der Waals surface area contributed by atoms with E-state index in [2.05, 4.69) is 32.0 Å². The van der Waals surface area contributed by atoms with Crippen molar-refractivity contribution in [2.45, 2.75) is 71.8 Å². The lowest BCUT2D eigenvalue weighted by Crippen LogP contribution is -2.19. The molecule has 1 rings (SSSR count). The molecular formula is C17H27O. The summed E-state index contributed by atoms with van der Waals surface area (Å²) in [5, 5.41) is 12.5. The van der Waals surface area contributed by atoms with E-state index in [1.165, 1.54) is 36.8 Å². The van der Waals surface area contributed by atoms with Crippen molar-refractivity contribution in [3.63, 3.8) is 0 Å². The van der Waals surface area contributed by atoms with Gasteiger partial charge in [-0.05, 0) is 56.2 Å².